The number of carbonyl (C=O) groups is 1. The van der Waals surface area contributed by atoms with Crippen LogP contribution in [0.4, 0.5) is 0 Å². The minimum absolute atomic E-state index is 0.0556. The molecular formula is C12H22O2. The quantitative estimate of drug-likeness (QED) is 0.637. The minimum Gasteiger partial charge on any atom is -0.469 e. The van der Waals surface area contributed by atoms with Crippen LogP contribution in [0, 0.1) is 17.3 Å². The van der Waals surface area contributed by atoms with Gasteiger partial charge in [0.05, 0.1) is 7.11 Å². The van der Waals surface area contributed by atoms with E-state index in [0.29, 0.717) is 17.8 Å². The molecule has 0 unspecified atom stereocenters. The zero-order chi connectivity index (χ0) is 10.8. The van der Waals surface area contributed by atoms with Crippen molar-refractivity contribution in [3.63, 3.8) is 0 Å². The summed E-state index contributed by atoms with van der Waals surface area (Å²) in [6.45, 7) is 6.88. The van der Waals surface area contributed by atoms with Gasteiger partial charge in [-0.15, -0.1) is 0 Å². The Kier molecular flexibility index (Phi) is 3.57. The van der Waals surface area contributed by atoms with Gasteiger partial charge in [-0.05, 0) is 36.5 Å². The summed E-state index contributed by atoms with van der Waals surface area (Å²) in [7, 11) is 1.47. The van der Waals surface area contributed by atoms with Crippen LogP contribution in [0.1, 0.15) is 46.5 Å². The van der Waals surface area contributed by atoms with Crippen molar-refractivity contribution in [2.45, 2.75) is 46.5 Å². The van der Waals surface area contributed by atoms with E-state index in [-0.39, 0.29) is 5.97 Å². The first-order chi connectivity index (χ1) is 6.43. The second-order valence-electron chi connectivity index (χ2n) is 5.56. The summed E-state index contributed by atoms with van der Waals surface area (Å²) in [4.78, 5) is 11.2. The Hall–Kier alpha value is -0.530. The molecule has 0 aromatic carbocycles. The van der Waals surface area contributed by atoms with Crippen molar-refractivity contribution in [3.05, 3.63) is 0 Å². The second-order valence-corrected chi connectivity index (χ2v) is 5.56. The van der Waals surface area contributed by atoms with Crippen molar-refractivity contribution in [3.8, 4) is 0 Å². The molecule has 2 heteroatoms. The van der Waals surface area contributed by atoms with E-state index in [9.17, 15) is 4.79 Å². The molecule has 0 N–H and O–H groups in total. The maximum atomic E-state index is 11.2. The Labute approximate surface area is 87.0 Å². The van der Waals surface area contributed by atoms with Gasteiger partial charge >= 0.3 is 5.97 Å². The molecule has 2 nitrogen and oxygen atoms in total. The molecule has 1 aliphatic carbocycles. The molecule has 1 rings (SSSR count). The van der Waals surface area contributed by atoms with E-state index in [2.05, 4.69) is 20.8 Å². The molecule has 1 fully saturated rings. The van der Waals surface area contributed by atoms with Crippen LogP contribution in [0.2, 0.25) is 0 Å². The number of rotatable bonds is 2. The molecule has 1 saturated carbocycles. The van der Waals surface area contributed by atoms with Gasteiger partial charge in [0.25, 0.3) is 0 Å². The van der Waals surface area contributed by atoms with Crippen LogP contribution in [0.3, 0.4) is 0 Å². The van der Waals surface area contributed by atoms with E-state index < -0.39 is 0 Å². The van der Waals surface area contributed by atoms with Crippen LogP contribution < -0.4 is 0 Å². The molecule has 82 valence electrons. The van der Waals surface area contributed by atoms with Crippen LogP contribution in [-0.2, 0) is 9.53 Å². The fraction of sp³-hybridized carbons (Fsp3) is 0.917. The molecule has 0 aliphatic heterocycles. The average Bonchev–Trinajstić information content (AvgIpc) is 1.99. The first kappa shape index (κ1) is 11.5. The van der Waals surface area contributed by atoms with E-state index in [1.165, 1.54) is 20.0 Å². The average molecular weight is 198 g/mol. The van der Waals surface area contributed by atoms with E-state index in [1.807, 2.05) is 0 Å². The molecule has 0 bridgehead atoms. The number of esters is 1. The van der Waals surface area contributed by atoms with Gasteiger partial charge < -0.3 is 4.74 Å². The number of methoxy groups -OCH3 is 1. The Bertz CT molecular complexity index is 208. The van der Waals surface area contributed by atoms with E-state index in [0.717, 1.165) is 12.3 Å². The molecule has 1 aliphatic rings. The summed E-state index contributed by atoms with van der Waals surface area (Å²) in [5, 5.41) is 0. The molecule has 0 amide bonds. The highest BCUT2D eigenvalue weighted by Gasteiger charge is 2.32. The zero-order valence-electron chi connectivity index (χ0n) is 9.80. The summed E-state index contributed by atoms with van der Waals surface area (Å²) in [5.41, 5.74) is 0.399. The third-order valence-corrected chi connectivity index (χ3v) is 3.16. The van der Waals surface area contributed by atoms with Crippen LogP contribution in [0.15, 0.2) is 0 Å². The van der Waals surface area contributed by atoms with Gasteiger partial charge in [0, 0.05) is 6.42 Å². The van der Waals surface area contributed by atoms with Crippen molar-refractivity contribution in [1.82, 2.24) is 0 Å². The van der Waals surface area contributed by atoms with Crippen LogP contribution in [-0.4, -0.2) is 13.1 Å². The van der Waals surface area contributed by atoms with Crippen molar-refractivity contribution >= 4 is 5.97 Å². The summed E-state index contributed by atoms with van der Waals surface area (Å²) in [6, 6.07) is 0. The van der Waals surface area contributed by atoms with Crippen molar-refractivity contribution in [2.75, 3.05) is 7.11 Å². The smallest absolute Gasteiger partial charge is 0.305 e. The first-order valence-corrected chi connectivity index (χ1v) is 5.50. The predicted octanol–water partition coefficient (Wildman–Crippen LogP) is 3.01. The van der Waals surface area contributed by atoms with Gasteiger partial charge in [0.1, 0.15) is 0 Å². The summed E-state index contributed by atoms with van der Waals surface area (Å²) in [5.74, 6) is 1.22. The summed E-state index contributed by atoms with van der Waals surface area (Å²) >= 11 is 0. The van der Waals surface area contributed by atoms with Crippen LogP contribution in [0.25, 0.3) is 0 Å². The monoisotopic (exact) mass is 198 g/mol. The van der Waals surface area contributed by atoms with Gasteiger partial charge in [-0.3, -0.25) is 4.79 Å². The third kappa shape index (κ3) is 3.32. The maximum absolute atomic E-state index is 11.2. The lowest BCUT2D eigenvalue weighted by molar-refractivity contribution is -0.142. The number of hydrogen-bond donors (Lipinski definition) is 0. The zero-order valence-corrected chi connectivity index (χ0v) is 9.80. The van der Waals surface area contributed by atoms with Crippen molar-refractivity contribution in [2.24, 2.45) is 17.3 Å². The lowest BCUT2D eigenvalue weighted by atomic mass is 9.67. The normalized spacial score (nSPS) is 31.1. The summed E-state index contributed by atoms with van der Waals surface area (Å²) < 4.78 is 4.72. The Morgan fingerprint density at radius 1 is 1.43 bits per heavy atom. The minimum atomic E-state index is -0.0556. The second kappa shape index (κ2) is 4.33. The van der Waals surface area contributed by atoms with E-state index in [1.54, 1.807) is 0 Å². The lowest BCUT2D eigenvalue weighted by Crippen LogP contribution is -2.29. The largest absolute Gasteiger partial charge is 0.469 e. The van der Waals surface area contributed by atoms with Gasteiger partial charge in [-0.1, -0.05) is 20.8 Å². The Morgan fingerprint density at radius 3 is 2.57 bits per heavy atom. The van der Waals surface area contributed by atoms with E-state index >= 15 is 0 Å². The molecule has 14 heavy (non-hydrogen) atoms. The SMILES string of the molecule is COC(=O)C[C@H]1C[C@H](C)CC(C)(C)C1. The van der Waals surface area contributed by atoms with Gasteiger partial charge in [-0.2, -0.15) is 0 Å². The predicted molar refractivity (Wildman–Crippen MR) is 56.9 cm³/mol. The van der Waals surface area contributed by atoms with Crippen LogP contribution in [0.5, 0.6) is 0 Å². The third-order valence-electron chi connectivity index (χ3n) is 3.16. The fourth-order valence-corrected chi connectivity index (χ4v) is 3.02. The summed E-state index contributed by atoms with van der Waals surface area (Å²) in [6.07, 6.45) is 4.22. The van der Waals surface area contributed by atoms with Crippen molar-refractivity contribution in [1.29, 1.82) is 0 Å². The highest BCUT2D eigenvalue weighted by Crippen LogP contribution is 2.42. The molecule has 0 heterocycles. The Morgan fingerprint density at radius 2 is 2.07 bits per heavy atom. The van der Waals surface area contributed by atoms with Crippen LogP contribution >= 0.6 is 0 Å². The standard InChI is InChI=1S/C12H22O2/c1-9-5-10(6-11(13)14-4)8-12(2,3)7-9/h9-10H,5-8H2,1-4H3/t9-,10+/m0/s1. The lowest BCUT2D eigenvalue weighted by Gasteiger charge is -2.38. The van der Waals surface area contributed by atoms with Gasteiger partial charge in [-0.25, -0.2) is 0 Å². The van der Waals surface area contributed by atoms with Gasteiger partial charge in [0.15, 0.2) is 0 Å². The topological polar surface area (TPSA) is 26.3 Å². The molecule has 0 spiro atoms. The molecule has 0 saturated heterocycles. The highest BCUT2D eigenvalue weighted by molar-refractivity contribution is 5.69. The molecule has 0 aromatic heterocycles. The molecule has 0 radical (unpaired) electrons. The maximum Gasteiger partial charge on any atom is 0.305 e. The number of carbonyl (C=O) groups excluding carboxylic acids is 1. The number of hydrogen-bond acceptors (Lipinski definition) is 2. The highest BCUT2D eigenvalue weighted by atomic mass is 16.5. The number of ether oxygens (including phenoxy) is 1. The van der Waals surface area contributed by atoms with Crippen molar-refractivity contribution < 1.29 is 9.53 Å². The van der Waals surface area contributed by atoms with E-state index in [4.69, 9.17) is 4.74 Å². The molecular weight excluding hydrogens is 176 g/mol. The molecule has 0 aromatic rings. The Balaban J connectivity index is 2.50. The first-order valence-electron chi connectivity index (χ1n) is 5.50. The van der Waals surface area contributed by atoms with Gasteiger partial charge in [0.2, 0.25) is 0 Å². The fourth-order valence-electron chi connectivity index (χ4n) is 3.02. The molecule has 2 atom stereocenters.